The monoisotopic (exact) mass is 329 g/mol. The number of ketones is 1. The van der Waals surface area contributed by atoms with Gasteiger partial charge < -0.3 is 10.5 Å². The van der Waals surface area contributed by atoms with Crippen molar-refractivity contribution in [3.05, 3.63) is 34.1 Å². The molecule has 2 rings (SSSR count). The van der Waals surface area contributed by atoms with Gasteiger partial charge >= 0.3 is 0 Å². The van der Waals surface area contributed by atoms with E-state index >= 15 is 0 Å². The molecule has 0 radical (unpaired) electrons. The molecule has 1 heterocycles. The Labute approximate surface area is 120 Å². The maximum Gasteiger partial charge on any atom is 0.144 e. The Morgan fingerprint density at radius 2 is 2.11 bits per heavy atom. The summed E-state index contributed by atoms with van der Waals surface area (Å²) in [6.45, 7) is 1.39. The van der Waals surface area contributed by atoms with Gasteiger partial charge in [-0.2, -0.15) is 0 Å². The number of hydrogen-bond acceptors (Lipinski definition) is 3. The van der Waals surface area contributed by atoms with Crippen LogP contribution in [-0.2, 0) is 16.0 Å². The molecule has 3 nitrogen and oxygen atoms in total. The zero-order valence-corrected chi connectivity index (χ0v) is 12.2. The van der Waals surface area contributed by atoms with Gasteiger partial charge in [-0.3, -0.25) is 4.79 Å². The number of halogens is 2. The van der Waals surface area contributed by atoms with Crippen LogP contribution in [0.25, 0.3) is 0 Å². The maximum absolute atomic E-state index is 13.7. The first-order valence-electron chi connectivity index (χ1n) is 6.32. The van der Waals surface area contributed by atoms with Crippen molar-refractivity contribution in [1.82, 2.24) is 0 Å². The van der Waals surface area contributed by atoms with Gasteiger partial charge in [0.15, 0.2) is 0 Å². The number of hydrogen-bond donors (Lipinski definition) is 1. The second kappa shape index (κ2) is 6.11. The number of benzene rings is 1. The highest BCUT2D eigenvalue weighted by molar-refractivity contribution is 9.10. The van der Waals surface area contributed by atoms with E-state index in [0.717, 1.165) is 4.47 Å². The molecule has 1 fully saturated rings. The molecule has 0 unspecified atom stereocenters. The number of nitrogens with two attached hydrogens (primary N) is 1. The molecule has 0 atom stereocenters. The van der Waals surface area contributed by atoms with Crippen LogP contribution in [0.4, 0.5) is 4.39 Å². The van der Waals surface area contributed by atoms with Crippen molar-refractivity contribution in [2.24, 2.45) is 11.1 Å². The van der Waals surface area contributed by atoms with E-state index in [2.05, 4.69) is 15.9 Å². The molecule has 2 N–H and O–H groups in total. The van der Waals surface area contributed by atoms with Crippen LogP contribution in [0.2, 0.25) is 0 Å². The van der Waals surface area contributed by atoms with Crippen molar-refractivity contribution < 1.29 is 13.9 Å². The lowest BCUT2D eigenvalue weighted by Gasteiger charge is -2.34. The highest BCUT2D eigenvalue weighted by Crippen LogP contribution is 2.32. The largest absolute Gasteiger partial charge is 0.381 e. The van der Waals surface area contributed by atoms with E-state index in [-0.39, 0.29) is 18.0 Å². The SMILES string of the molecule is NCC1(C(=O)Cc2cc(Br)ccc2F)CCOCC1. The Morgan fingerprint density at radius 3 is 2.74 bits per heavy atom. The predicted molar refractivity (Wildman–Crippen MR) is 74.4 cm³/mol. The van der Waals surface area contributed by atoms with Gasteiger partial charge in [0, 0.05) is 36.1 Å². The van der Waals surface area contributed by atoms with Crippen LogP contribution >= 0.6 is 15.9 Å². The lowest BCUT2D eigenvalue weighted by atomic mass is 9.74. The highest BCUT2D eigenvalue weighted by atomic mass is 79.9. The number of ether oxygens (including phenoxy) is 1. The van der Waals surface area contributed by atoms with Gasteiger partial charge in [0.2, 0.25) is 0 Å². The average molecular weight is 330 g/mol. The van der Waals surface area contributed by atoms with E-state index in [1.165, 1.54) is 6.07 Å². The van der Waals surface area contributed by atoms with E-state index in [4.69, 9.17) is 10.5 Å². The number of carbonyl (C=O) groups excluding carboxylic acids is 1. The molecule has 0 saturated carbocycles. The molecular formula is C14H17BrFNO2. The smallest absolute Gasteiger partial charge is 0.144 e. The standard InChI is InChI=1S/C14H17BrFNO2/c15-11-1-2-12(16)10(7-11)8-13(18)14(9-17)3-5-19-6-4-14/h1-2,7H,3-6,8-9,17H2. The van der Waals surface area contributed by atoms with E-state index in [9.17, 15) is 9.18 Å². The third kappa shape index (κ3) is 3.22. The quantitative estimate of drug-likeness (QED) is 0.923. The molecule has 0 amide bonds. The second-order valence-electron chi connectivity index (χ2n) is 4.93. The van der Waals surface area contributed by atoms with Gasteiger partial charge in [-0.15, -0.1) is 0 Å². The Morgan fingerprint density at radius 1 is 1.42 bits per heavy atom. The molecule has 19 heavy (non-hydrogen) atoms. The first-order valence-corrected chi connectivity index (χ1v) is 7.12. The minimum atomic E-state index is -0.549. The fraction of sp³-hybridized carbons (Fsp3) is 0.500. The normalized spacial score (nSPS) is 18.3. The summed E-state index contributed by atoms with van der Waals surface area (Å²) in [6, 6.07) is 4.64. The van der Waals surface area contributed by atoms with E-state index in [1.54, 1.807) is 12.1 Å². The topological polar surface area (TPSA) is 52.3 Å². The van der Waals surface area contributed by atoms with E-state index in [0.29, 0.717) is 38.2 Å². The Bertz CT molecular complexity index is 473. The Hall–Kier alpha value is -0.780. The zero-order chi connectivity index (χ0) is 13.9. The van der Waals surface area contributed by atoms with Crippen molar-refractivity contribution in [3.63, 3.8) is 0 Å². The molecule has 0 aromatic heterocycles. The Balaban J connectivity index is 2.17. The summed E-state index contributed by atoms with van der Waals surface area (Å²) in [5, 5.41) is 0. The zero-order valence-electron chi connectivity index (χ0n) is 10.6. The second-order valence-corrected chi connectivity index (χ2v) is 5.85. The molecule has 1 aromatic rings. The molecule has 5 heteroatoms. The average Bonchev–Trinajstić information content (AvgIpc) is 2.43. The van der Waals surface area contributed by atoms with Crippen molar-refractivity contribution in [2.75, 3.05) is 19.8 Å². The van der Waals surface area contributed by atoms with Gasteiger partial charge in [-0.25, -0.2) is 4.39 Å². The van der Waals surface area contributed by atoms with E-state index in [1.807, 2.05) is 0 Å². The molecular weight excluding hydrogens is 313 g/mol. The molecule has 0 spiro atoms. The van der Waals surface area contributed by atoms with Gasteiger partial charge in [0.05, 0.1) is 0 Å². The van der Waals surface area contributed by atoms with Crippen LogP contribution in [-0.4, -0.2) is 25.5 Å². The summed E-state index contributed by atoms with van der Waals surface area (Å²) in [5.74, 6) is -0.342. The van der Waals surface area contributed by atoms with Gasteiger partial charge in [-0.05, 0) is 36.6 Å². The van der Waals surface area contributed by atoms with E-state index < -0.39 is 5.41 Å². The summed E-state index contributed by atoms with van der Waals surface area (Å²) in [6.07, 6.45) is 1.33. The molecule has 1 aromatic carbocycles. The summed E-state index contributed by atoms with van der Waals surface area (Å²) >= 11 is 3.29. The molecule has 1 saturated heterocycles. The summed E-state index contributed by atoms with van der Waals surface area (Å²) in [4.78, 5) is 12.5. The van der Waals surface area contributed by atoms with Crippen molar-refractivity contribution in [2.45, 2.75) is 19.3 Å². The predicted octanol–water partition coefficient (Wildman–Crippen LogP) is 2.46. The van der Waals surface area contributed by atoms with Crippen LogP contribution in [0.3, 0.4) is 0 Å². The van der Waals surface area contributed by atoms with Crippen LogP contribution in [0, 0.1) is 11.2 Å². The summed E-state index contributed by atoms with van der Waals surface area (Å²) in [5.41, 5.74) is 5.65. The van der Waals surface area contributed by atoms with Crippen molar-refractivity contribution in [3.8, 4) is 0 Å². The van der Waals surface area contributed by atoms with Crippen molar-refractivity contribution >= 4 is 21.7 Å². The molecule has 0 aliphatic carbocycles. The molecule has 1 aliphatic heterocycles. The van der Waals surface area contributed by atoms with Crippen LogP contribution in [0.15, 0.2) is 22.7 Å². The van der Waals surface area contributed by atoms with Gasteiger partial charge in [-0.1, -0.05) is 15.9 Å². The van der Waals surface area contributed by atoms with Crippen molar-refractivity contribution in [1.29, 1.82) is 0 Å². The molecule has 1 aliphatic rings. The van der Waals surface area contributed by atoms with Crippen LogP contribution in [0.1, 0.15) is 18.4 Å². The van der Waals surface area contributed by atoms with Crippen LogP contribution in [0.5, 0.6) is 0 Å². The van der Waals surface area contributed by atoms with Gasteiger partial charge in [0.1, 0.15) is 11.6 Å². The molecule has 0 bridgehead atoms. The lowest BCUT2D eigenvalue weighted by Crippen LogP contribution is -2.44. The van der Waals surface area contributed by atoms with Crippen LogP contribution < -0.4 is 5.73 Å². The minimum Gasteiger partial charge on any atom is -0.381 e. The number of rotatable bonds is 4. The third-order valence-corrected chi connectivity index (χ3v) is 4.28. The summed E-state index contributed by atoms with van der Waals surface area (Å²) in [7, 11) is 0. The minimum absolute atomic E-state index is 0.00954. The fourth-order valence-corrected chi connectivity index (χ4v) is 2.81. The first-order chi connectivity index (χ1) is 9.07. The lowest BCUT2D eigenvalue weighted by molar-refractivity contribution is -0.132. The third-order valence-electron chi connectivity index (χ3n) is 3.79. The highest BCUT2D eigenvalue weighted by Gasteiger charge is 2.38. The maximum atomic E-state index is 13.7. The Kier molecular flexibility index (Phi) is 4.71. The number of carbonyl (C=O) groups is 1. The fourth-order valence-electron chi connectivity index (χ4n) is 2.40. The first kappa shape index (κ1) is 14.6. The van der Waals surface area contributed by atoms with Gasteiger partial charge in [0.25, 0.3) is 0 Å². The number of Topliss-reactive ketones (excluding diaryl/α,β-unsaturated/α-hetero) is 1. The molecule has 104 valence electrons. The summed E-state index contributed by atoms with van der Waals surface area (Å²) < 4.78 is 19.7.